The molecule has 0 saturated carbocycles. The first-order chi connectivity index (χ1) is 7.41. The van der Waals surface area contributed by atoms with Crippen LogP contribution in [-0.2, 0) is 10.0 Å². The number of rotatable bonds is 2. The smallest absolute Gasteiger partial charge is 0.245 e. The number of hydrogen-bond acceptors (Lipinski definition) is 4. The molecule has 0 bridgehead atoms. The fourth-order valence-electron chi connectivity index (χ4n) is 1.51. The molecule has 1 aromatic rings. The van der Waals surface area contributed by atoms with E-state index < -0.39 is 16.1 Å². The topological polar surface area (TPSA) is 83.6 Å². The normalized spacial score (nSPS) is 18.4. The molecule has 0 spiro atoms. The van der Waals surface area contributed by atoms with Gasteiger partial charge >= 0.3 is 0 Å². The zero-order valence-corrected chi connectivity index (χ0v) is 9.87. The predicted molar refractivity (Wildman–Crippen MR) is 60.6 cm³/mol. The molecule has 0 amide bonds. The van der Waals surface area contributed by atoms with Crippen molar-refractivity contribution >= 4 is 27.3 Å². The second kappa shape index (κ2) is 3.89. The van der Waals surface area contributed by atoms with E-state index in [1.807, 2.05) is 0 Å². The van der Waals surface area contributed by atoms with Crippen molar-refractivity contribution in [3.05, 3.63) is 23.2 Å². The Kier molecular flexibility index (Phi) is 2.83. The Hall–Kier alpha value is -0.820. The Morgan fingerprint density at radius 2 is 2.06 bits per heavy atom. The molecule has 0 aromatic heterocycles. The van der Waals surface area contributed by atoms with Gasteiger partial charge in [-0.2, -0.15) is 4.31 Å². The fourth-order valence-corrected chi connectivity index (χ4v) is 3.30. The Morgan fingerprint density at radius 1 is 1.44 bits per heavy atom. The van der Waals surface area contributed by atoms with E-state index in [4.69, 9.17) is 22.4 Å². The van der Waals surface area contributed by atoms with E-state index in [0.717, 1.165) is 0 Å². The molecule has 2 rings (SSSR count). The molecule has 0 atom stereocenters. The molecule has 1 saturated heterocycles. The number of benzene rings is 1. The van der Waals surface area contributed by atoms with E-state index >= 15 is 0 Å². The first-order valence-corrected chi connectivity index (χ1v) is 6.46. The number of aliphatic hydroxyl groups is 1. The van der Waals surface area contributed by atoms with Crippen LogP contribution in [0.5, 0.6) is 0 Å². The van der Waals surface area contributed by atoms with Crippen LogP contribution in [-0.4, -0.2) is 37.0 Å². The number of β-amino-alcohol motifs (C(OH)–C–C–N with tert-alkyl or cyclic N) is 1. The molecule has 3 N–H and O–H groups in total. The number of anilines is 1. The van der Waals surface area contributed by atoms with E-state index in [2.05, 4.69) is 0 Å². The summed E-state index contributed by atoms with van der Waals surface area (Å²) >= 11 is 5.69. The minimum atomic E-state index is -3.59. The lowest BCUT2D eigenvalue weighted by molar-refractivity contribution is 0.0548. The largest absolute Gasteiger partial charge is 0.398 e. The lowest BCUT2D eigenvalue weighted by Crippen LogP contribution is -2.53. The van der Waals surface area contributed by atoms with Crippen LogP contribution in [0.1, 0.15) is 0 Å². The van der Waals surface area contributed by atoms with Gasteiger partial charge in [0.2, 0.25) is 10.0 Å². The Bertz CT molecular complexity index is 511. The maximum absolute atomic E-state index is 12.0. The molecule has 0 aliphatic carbocycles. The second-order valence-electron chi connectivity index (χ2n) is 3.66. The molecule has 1 aliphatic rings. The number of nitrogens with two attached hydrogens (primary N) is 1. The molecule has 1 aliphatic heterocycles. The van der Waals surface area contributed by atoms with Crippen molar-refractivity contribution in [1.82, 2.24) is 4.31 Å². The van der Waals surface area contributed by atoms with Crippen molar-refractivity contribution in [1.29, 1.82) is 0 Å². The number of aliphatic hydroxyl groups excluding tert-OH is 1. The van der Waals surface area contributed by atoms with Crippen LogP contribution in [0.3, 0.4) is 0 Å². The molecule has 88 valence electrons. The summed E-state index contributed by atoms with van der Waals surface area (Å²) in [5.74, 6) is 0. The summed E-state index contributed by atoms with van der Waals surface area (Å²) in [6.07, 6.45) is -0.580. The average Bonchev–Trinajstić information content (AvgIpc) is 2.12. The van der Waals surface area contributed by atoms with Gasteiger partial charge in [0.25, 0.3) is 0 Å². The highest BCUT2D eigenvalue weighted by Gasteiger charge is 2.36. The van der Waals surface area contributed by atoms with Crippen molar-refractivity contribution in [2.24, 2.45) is 0 Å². The quantitative estimate of drug-likeness (QED) is 0.751. The molecule has 0 unspecified atom stereocenters. The summed E-state index contributed by atoms with van der Waals surface area (Å²) in [6, 6.07) is 4.24. The highest BCUT2D eigenvalue weighted by atomic mass is 35.5. The van der Waals surface area contributed by atoms with Crippen molar-refractivity contribution in [3.63, 3.8) is 0 Å². The van der Waals surface area contributed by atoms with Crippen LogP contribution in [0, 0.1) is 0 Å². The SMILES string of the molecule is Nc1cc(Cl)ccc1S(=O)(=O)N1CC(O)C1. The molecular weight excluding hydrogens is 252 g/mol. The van der Waals surface area contributed by atoms with E-state index in [1.165, 1.54) is 22.5 Å². The molecule has 7 heteroatoms. The fraction of sp³-hybridized carbons (Fsp3) is 0.333. The zero-order chi connectivity index (χ0) is 11.9. The number of nitrogen functional groups attached to an aromatic ring is 1. The third-order valence-corrected chi connectivity index (χ3v) is 4.56. The third-order valence-electron chi connectivity index (χ3n) is 2.42. The van der Waals surface area contributed by atoms with Crippen molar-refractivity contribution in [3.8, 4) is 0 Å². The summed E-state index contributed by atoms with van der Waals surface area (Å²) in [6.45, 7) is 0.231. The van der Waals surface area contributed by atoms with Gasteiger partial charge < -0.3 is 10.8 Å². The van der Waals surface area contributed by atoms with E-state index in [0.29, 0.717) is 5.02 Å². The number of halogens is 1. The predicted octanol–water partition coefficient (Wildman–Crippen LogP) is 0.287. The summed E-state index contributed by atoms with van der Waals surface area (Å²) in [5.41, 5.74) is 5.73. The molecule has 1 aromatic carbocycles. The van der Waals surface area contributed by atoms with Gasteiger partial charge in [-0.15, -0.1) is 0 Å². The van der Waals surface area contributed by atoms with Crippen LogP contribution in [0.15, 0.2) is 23.1 Å². The lowest BCUT2D eigenvalue weighted by Gasteiger charge is -2.34. The summed E-state index contributed by atoms with van der Waals surface area (Å²) in [4.78, 5) is 0.0313. The van der Waals surface area contributed by atoms with Gasteiger partial charge in [-0.25, -0.2) is 8.42 Å². The van der Waals surface area contributed by atoms with Crippen LogP contribution in [0.25, 0.3) is 0 Å². The van der Waals surface area contributed by atoms with E-state index in [1.54, 1.807) is 0 Å². The van der Waals surface area contributed by atoms with Crippen LogP contribution in [0.2, 0.25) is 5.02 Å². The molecule has 1 heterocycles. The summed E-state index contributed by atoms with van der Waals surface area (Å²) in [7, 11) is -3.59. The van der Waals surface area contributed by atoms with Crippen molar-refractivity contribution < 1.29 is 13.5 Å². The first-order valence-electron chi connectivity index (χ1n) is 4.64. The zero-order valence-electron chi connectivity index (χ0n) is 8.30. The van der Waals surface area contributed by atoms with Gasteiger partial charge in [-0.3, -0.25) is 0 Å². The van der Waals surface area contributed by atoms with E-state index in [9.17, 15) is 8.42 Å². The summed E-state index contributed by atoms with van der Waals surface area (Å²) in [5, 5.41) is 9.47. The second-order valence-corrected chi connectivity index (χ2v) is 6.00. The standard InChI is InChI=1S/C9H11ClN2O3S/c10-6-1-2-9(8(11)3-6)16(14,15)12-4-7(13)5-12/h1-3,7,13H,4-5,11H2. The number of hydrogen-bond donors (Lipinski definition) is 2. The van der Waals surface area contributed by atoms with Crippen LogP contribution in [0.4, 0.5) is 5.69 Å². The molecule has 16 heavy (non-hydrogen) atoms. The highest BCUT2D eigenvalue weighted by molar-refractivity contribution is 7.89. The van der Waals surface area contributed by atoms with Gasteiger partial charge in [0.1, 0.15) is 4.90 Å². The van der Waals surface area contributed by atoms with Gasteiger partial charge in [-0.1, -0.05) is 11.6 Å². The summed E-state index contributed by atoms with van der Waals surface area (Å²) < 4.78 is 25.1. The lowest BCUT2D eigenvalue weighted by atomic mass is 10.2. The molecule has 0 radical (unpaired) electrons. The maximum atomic E-state index is 12.0. The Labute approximate surface area is 98.5 Å². The molecule has 5 nitrogen and oxygen atoms in total. The van der Waals surface area contributed by atoms with Crippen LogP contribution < -0.4 is 5.73 Å². The monoisotopic (exact) mass is 262 g/mol. The highest BCUT2D eigenvalue weighted by Crippen LogP contribution is 2.27. The van der Waals surface area contributed by atoms with Gasteiger partial charge in [0.15, 0.2) is 0 Å². The minimum Gasteiger partial charge on any atom is -0.398 e. The first kappa shape index (κ1) is 11.7. The third kappa shape index (κ3) is 1.89. The average molecular weight is 263 g/mol. The number of nitrogens with zero attached hydrogens (tertiary/aromatic N) is 1. The number of sulfonamides is 1. The van der Waals surface area contributed by atoms with Gasteiger partial charge in [0, 0.05) is 18.1 Å². The molecule has 1 fully saturated rings. The Balaban J connectivity index is 2.36. The van der Waals surface area contributed by atoms with E-state index in [-0.39, 0.29) is 23.7 Å². The minimum absolute atomic E-state index is 0.0313. The van der Waals surface area contributed by atoms with Gasteiger partial charge in [0.05, 0.1) is 11.8 Å². The van der Waals surface area contributed by atoms with Crippen molar-refractivity contribution in [2.75, 3.05) is 18.8 Å². The molecular formula is C9H11ClN2O3S. The van der Waals surface area contributed by atoms with Crippen LogP contribution >= 0.6 is 11.6 Å². The van der Waals surface area contributed by atoms with Gasteiger partial charge in [-0.05, 0) is 18.2 Å². The van der Waals surface area contributed by atoms with Crippen molar-refractivity contribution in [2.45, 2.75) is 11.0 Å². The Morgan fingerprint density at radius 3 is 2.56 bits per heavy atom. The maximum Gasteiger partial charge on any atom is 0.245 e.